The second-order valence-electron chi connectivity index (χ2n) is 6.50. The Balaban J connectivity index is 1.62. The van der Waals surface area contributed by atoms with Crippen LogP contribution in [0.15, 0.2) is 46.9 Å². The number of aryl methyl sites for hydroxylation is 1. The van der Waals surface area contributed by atoms with Crippen LogP contribution < -0.4 is 5.32 Å². The Morgan fingerprint density at radius 1 is 1.19 bits per heavy atom. The van der Waals surface area contributed by atoms with Crippen molar-refractivity contribution in [1.29, 1.82) is 0 Å². The highest BCUT2D eigenvalue weighted by Crippen LogP contribution is 2.23. The highest BCUT2D eigenvalue weighted by molar-refractivity contribution is 7.89. The lowest BCUT2D eigenvalue weighted by Gasteiger charge is -2.15. The summed E-state index contributed by atoms with van der Waals surface area (Å²) < 4.78 is 30.9. The van der Waals surface area contributed by atoms with Crippen LogP contribution in [0.4, 0.5) is 5.69 Å². The van der Waals surface area contributed by atoms with Crippen molar-refractivity contribution in [2.75, 3.05) is 26.0 Å². The quantitative estimate of drug-likeness (QED) is 0.528. The summed E-state index contributed by atoms with van der Waals surface area (Å²) >= 11 is 1.18. The first-order valence-electron chi connectivity index (χ1n) is 8.91. The Morgan fingerprint density at radius 2 is 1.90 bits per heavy atom. The van der Waals surface area contributed by atoms with E-state index in [1.165, 1.54) is 36.9 Å². The number of nitrogens with zero attached hydrogens (tertiary/aromatic N) is 4. The number of rotatable bonds is 7. The number of hydrogen-bond donors (Lipinski definition) is 1. The van der Waals surface area contributed by atoms with Crippen molar-refractivity contribution in [1.82, 2.24) is 19.3 Å². The van der Waals surface area contributed by atoms with Crippen LogP contribution in [0.3, 0.4) is 0 Å². The Kier molecular flexibility index (Phi) is 6.73. The molecule has 1 aromatic carbocycles. The first kappa shape index (κ1) is 22.5. The third kappa shape index (κ3) is 5.29. The van der Waals surface area contributed by atoms with Crippen molar-refractivity contribution in [3.05, 3.63) is 53.3 Å². The molecule has 0 aliphatic carbocycles. The van der Waals surface area contributed by atoms with E-state index in [9.17, 15) is 18.0 Å². The van der Waals surface area contributed by atoms with Gasteiger partial charge in [0, 0.05) is 37.6 Å². The van der Waals surface area contributed by atoms with Gasteiger partial charge in [-0.1, -0.05) is 6.07 Å². The molecule has 1 N–H and O–H groups in total. The largest absolute Gasteiger partial charge is 0.451 e. The van der Waals surface area contributed by atoms with Gasteiger partial charge < -0.3 is 10.1 Å². The molecule has 0 saturated heterocycles. The number of esters is 1. The number of amides is 1. The molecule has 0 aliphatic heterocycles. The van der Waals surface area contributed by atoms with Crippen LogP contribution in [0.5, 0.6) is 0 Å². The van der Waals surface area contributed by atoms with Crippen molar-refractivity contribution in [3.8, 4) is 10.8 Å². The predicted molar refractivity (Wildman–Crippen MR) is 114 cm³/mol. The minimum Gasteiger partial charge on any atom is -0.451 e. The fraction of sp³-hybridized carbons (Fsp3) is 0.211. The predicted octanol–water partition coefficient (Wildman–Crippen LogP) is 1.95. The number of sulfonamides is 1. The summed E-state index contributed by atoms with van der Waals surface area (Å²) in [5.74, 6) is -1.01. The third-order valence-electron chi connectivity index (χ3n) is 4.04. The summed E-state index contributed by atoms with van der Waals surface area (Å²) in [5.41, 5.74) is 0.846. The first-order valence-corrected chi connectivity index (χ1v) is 11.2. The zero-order valence-corrected chi connectivity index (χ0v) is 18.5. The average Bonchev–Trinajstić information content (AvgIpc) is 3.24. The van der Waals surface area contributed by atoms with Gasteiger partial charge in [-0.25, -0.2) is 32.5 Å². The number of aromatic nitrogens is 3. The zero-order chi connectivity index (χ0) is 22.6. The molecule has 0 bridgehead atoms. The van der Waals surface area contributed by atoms with E-state index in [0.29, 0.717) is 16.4 Å². The highest BCUT2D eigenvalue weighted by atomic mass is 32.2. The van der Waals surface area contributed by atoms with Gasteiger partial charge in [0.25, 0.3) is 5.91 Å². The SMILES string of the molecule is Cc1ccc(NC(=O)COC(=O)c2csc(-c3ncccn3)n2)cc1S(=O)(=O)N(C)C. The van der Waals surface area contributed by atoms with Crippen molar-refractivity contribution < 1.29 is 22.7 Å². The van der Waals surface area contributed by atoms with Crippen LogP contribution in [0.1, 0.15) is 16.1 Å². The molecule has 0 atom stereocenters. The maximum absolute atomic E-state index is 12.4. The number of carbonyl (C=O) groups is 2. The van der Waals surface area contributed by atoms with Gasteiger partial charge in [-0.3, -0.25) is 4.79 Å². The molecule has 0 saturated carbocycles. The number of anilines is 1. The Bertz CT molecular complexity index is 1210. The smallest absolute Gasteiger partial charge is 0.358 e. The maximum Gasteiger partial charge on any atom is 0.358 e. The van der Waals surface area contributed by atoms with Gasteiger partial charge in [0.15, 0.2) is 23.1 Å². The molecule has 0 spiro atoms. The van der Waals surface area contributed by atoms with Gasteiger partial charge >= 0.3 is 5.97 Å². The van der Waals surface area contributed by atoms with E-state index < -0.39 is 28.5 Å². The Labute approximate surface area is 183 Å². The molecule has 10 nitrogen and oxygen atoms in total. The summed E-state index contributed by atoms with van der Waals surface area (Å²) in [7, 11) is -0.821. The molecular weight excluding hydrogens is 442 g/mol. The van der Waals surface area contributed by atoms with Crippen LogP contribution in [-0.4, -0.2) is 60.3 Å². The molecule has 162 valence electrons. The normalized spacial score (nSPS) is 11.4. The van der Waals surface area contributed by atoms with E-state index in [1.54, 1.807) is 37.5 Å². The number of ether oxygens (including phenoxy) is 1. The number of carbonyl (C=O) groups excluding carboxylic acids is 2. The van der Waals surface area contributed by atoms with Crippen LogP contribution >= 0.6 is 11.3 Å². The van der Waals surface area contributed by atoms with E-state index in [0.717, 1.165) is 4.31 Å². The second-order valence-corrected chi connectivity index (χ2v) is 9.48. The van der Waals surface area contributed by atoms with Crippen molar-refractivity contribution in [2.24, 2.45) is 0 Å². The lowest BCUT2D eigenvalue weighted by Crippen LogP contribution is -2.24. The van der Waals surface area contributed by atoms with E-state index >= 15 is 0 Å². The molecule has 0 fully saturated rings. The number of hydrogen-bond acceptors (Lipinski definition) is 9. The van der Waals surface area contributed by atoms with Crippen LogP contribution in [0.2, 0.25) is 0 Å². The Morgan fingerprint density at radius 3 is 2.58 bits per heavy atom. The van der Waals surface area contributed by atoms with E-state index in [-0.39, 0.29) is 16.3 Å². The van der Waals surface area contributed by atoms with Crippen LogP contribution in [0, 0.1) is 6.92 Å². The molecule has 31 heavy (non-hydrogen) atoms. The fourth-order valence-electron chi connectivity index (χ4n) is 2.43. The summed E-state index contributed by atoms with van der Waals surface area (Å²) in [6.45, 7) is 1.10. The molecular formula is C19H19N5O5S2. The molecule has 0 unspecified atom stereocenters. The fourth-order valence-corrected chi connectivity index (χ4v) is 4.31. The van der Waals surface area contributed by atoms with Crippen molar-refractivity contribution >= 4 is 38.9 Å². The average molecular weight is 462 g/mol. The van der Waals surface area contributed by atoms with Gasteiger partial charge in [-0.15, -0.1) is 11.3 Å². The van der Waals surface area contributed by atoms with E-state index in [2.05, 4.69) is 20.3 Å². The van der Waals surface area contributed by atoms with E-state index in [4.69, 9.17) is 4.74 Å². The lowest BCUT2D eigenvalue weighted by atomic mass is 10.2. The maximum atomic E-state index is 12.4. The third-order valence-corrected chi connectivity index (χ3v) is 6.83. The topological polar surface area (TPSA) is 131 Å². The van der Waals surface area contributed by atoms with Crippen LogP contribution in [0.25, 0.3) is 10.8 Å². The Hall–Kier alpha value is -3.22. The molecule has 3 rings (SSSR count). The van der Waals surface area contributed by atoms with Gasteiger partial charge in [-0.2, -0.15) is 0 Å². The number of benzene rings is 1. The molecule has 1 amide bonds. The highest BCUT2D eigenvalue weighted by Gasteiger charge is 2.21. The van der Waals surface area contributed by atoms with Gasteiger partial charge in [-0.05, 0) is 30.7 Å². The van der Waals surface area contributed by atoms with Gasteiger partial charge in [0.1, 0.15) is 0 Å². The van der Waals surface area contributed by atoms with Crippen LogP contribution in [-0.2, 0) is 19.6 Å². The minimum absolute atomic E-state index is 0.0370. The molecule has 0 aliphatic rings. The summed E-state index contributed by atoms with van der Waals surface area (Å²) in [4.78, 5) is 36.7. The van der Waals surface area contributed by atoms with Gasteiger partial charge in [0.05, 0.1) is 4.90 Å². The van der Waals surface area contributed by atoms with Crippen molar-refractivity contribution in [3.63, 3.8) is 0 Å². The summed E-state index contributed by atoms with van der Waals surface area (Å²) in [6.07, 6.45) is 3.12. The molecule has 3 aromatic rings. The second kappa shape index (κ2) is 9.29. The number of thiazole rings is 1. The van der Waals surface area contributed by atoms with Gasteiger partial charge in [0.2, 0.25) is 10.0 Å². The first-order chi connectivity index (χ1) is 14.7. The molecule has 2 heterocycles. The number of nitrogens with one attached hydrogen (secondary N) is 1. The lowest BCUT2D eigenvalue weighted by molar-refractivity contribution is -0.119. The zero-order valence-electron chi connectivity index (χ0n) is 16.9. The summed E-state index contributed by atoms with van der Waals surface area (Å²) in [6, 6.07) is 6.17. The molecule has 0 radical (unpaired) electrons. The summed E-state index contributed by atoms with van der Waals surface area (Å²) in [5, 5.41) is 4.46. The van der Waals surface area contributed by atoms with E-state index in [1.807, 2.05) is 0 Å². The monoisotopic (exact) mass is 461 g/mol. The molecule has 2 aromatic heterocycles. The molecule has 12 heteroatoms. The van der Waals surface area contributed by atoms with Crippen molar-refractivity contribution in [2.45, 2.75) is 11.8 Å². The standard InChI is InChI=1S/C19H19N5O5S2/c1-12-5-6-13(9-15(12)31(27,28)24(2)3)22-16(25)10-29-19(26)14-11-30-18(23-14)17-20-7-4-8-21-17/h4-9,11H,10H2,1-3H3,(H,22,25). The minimum atomic E-state index is -3.67.